The number of amides is 1. The molecule has 1 saturated heterocycles. The van der Waals surface area contributed by atoms with Crippen molar-refractivity contribution in [3.63, 3.8) is 0 Å². The van der Waals surface area contributed by atoms with Crippen LogP contribution in [0, 0.1) is 13.8 Å². The summed E-state index contributed by atoms with van der Waals surface area (Å²) in [4.78, 5) is 25.5. The van der Waals surface area contributed by atoms with E-state index in [2.05, 4.69) is 0 Å². The number of carbonyl (C=O) groups excluding carboxylic acids is 1. The number of piperidine rings is 1. The van der Waals surface area contributed by atoms with Crippen molar-refractivity contribution in [2.24, 2.45) is 0 Å². The minimum absolute atomic E-state index is 0.0155. The van der Waals surface area contributed by atoms with Crippen LogP contribution in [-0.4, -0.2) is 36.6 Å². The molecule has 1 aromatic carbocycles. The van der Waals surface area contributed by atoms with Crippen molar-refractivity contribution in [2.75, 3.05) is 19.7 Å². The second kappa shape index (κ2) is 8.08. The molecule has 0 spiro atoms. The lowest BCUT2D eigenvalue weighted by molar-refractivity contribution is -0.135. The molecule has 2 aromatic rings. The van der Waals surface area contributed by atoms with E-state index in [0.29, 0.717) is 30.3 Å². The molecule has 1 amide bonds. The van der Waals surface area contributed by atoms with Gasteiger partial charge in [0.15, 0.2) is 6.61 Å². The predicted molar refractivity (Wildman–Crippen MR) is 96.6 cm³/mol. The van der Waals surface area contributed by atoms with Gasteiger partial charge in [0.25, 0.3) is 5.91 Å². The summed E-state index contributed by atoms with van der Waals surface area (Å²) in [7, 11) is 0. The third kappa shape index (κ3) is 4.88. The first-order chi connectivity index (χ1) is 12.5. The van der Waals surface area contributed by atoms with Gasteiger partial charge in [-0.2, -0.15) is 0 Å². The van der Waals surface area contributed by atoms with E-state index in [0.717, 1.165) is 18.4 Å². The third-order valence-corrected chi connectivity index (χ3v) is 4.35. The van der Waals surface area contributed by atoms with Gasteiger partial charge in [-0.25, -0.2) is 4.79 Å². The van der Waals surface area contributed by atoms with E-state index in [1.807, 2.05) is 31.2 Å². The highest BCUT2D eigenvalue weighted by Gasteiger charge is 2.24. The van der Waals surface area contributed by atoms with Gasteiger partial charge >= 0.3 is 5.63 Å². The second-order valence-corrected chi connectivity index (χ2v) is 6.52. The number of hydrogen-bond donors (Lipinski definition) is 0. The first-order valence-corrected chi connectivity index (χ1v) is 8.75. The minimum Gasteiger partial charge on any atom is -0.490 e. The fourth-order valence-electron chi connectivity index (χ4n) is 2.93. The molecular formula is C20H23NO5. The van der Waals surface area contributed by atoms with Crippen LogP contribution in [0.4, 0.5) is 0 Å². The van der Waals surface area contributed by atoms with Gasteiger partial charge in [0, 0.05) is 32.0 Å². The van der Waals surface area contributed by atoms with Crippen LogP contribution in [-0.2, 0) is 4.79 Å². The molecule has 1 aromatic heterocycles. The van der Waals surface area contributed by atoms with Crippen LogP contribution < -0.4 is 15.1 Å². The molecule has 1 aliphatic rings. The fourth-order valence-corrected chi connectivity index (χ4v) is 2.93. The molecule has 3 rings (SSSR count). The summed E-state index contributed by atoms with van der Waals surface area (Å²) in [6, 6.07) is 10.7. The summed E-state index contributed by atoms with van der Waals surface area (Å²) in [6.07, 6.45) is 1.42. The van der Waals surface area contributed by atoms with Gasteiger partial charge in [-0.1, -0.05) is 17.7 Å². The lowest BCUT2D eigenvalue weighted by atomic mass is 10.1. The molecular weight excluding hydrogens is 334 g/mol. The van der Waals surface area contributed by atoms with Crippen LogP contribution in [0.2, 0.25) is 0 Å². The minimum atomic E-state index is -0.416. The quantitative estimate of drug-likeness (QED) is 0.823. The van der Waals surface area contributed by atoms with Gasteiger partial charge in [0.1, 0.15) is 23.4 Å². The van der Waals surface area contributed by atoms with Crippen LogP contribution in [0.25, 0.3) is 0 Å². The SMILES string of the molecule is Cc1ccc(OCC(=O)N2CCC(Oc3cc(C)oc(=O)c3)CC2)cc1. The van der Waals surface area contributed by atoms with E-state index >= 15 is 0 Å². The van der Waals surface area contributed by atoms with Gasteiger partial charge in [0.2, 0.25) is 0 Å². The Hall–Kier alpha value is -2.76. The Morgan fingerprint density at radius 2 is 1.81 bits per heavy atom. The molecule has 0 bridgehead atoms. The van der Waals surface area contributed by atoms with Gasteiger partial charge in [-0.15, -0.1) is 0 Å². The highest BCUT2D eigenvalue weighted by atomic mass is 16.5. The molecule has 0 unspecified atom stereocenters. The van der Waals surface area contributed by atoms with Crippen molar-refractivity contribution in [1.29, 1.82) is 0 Å². The normalized spacial score (nSPS) is 14.9. The van der Waals surface area contributed by atoms with Gasteiger partial charge in [0.05, 0.1) is 6.07 Å². The van der Waals surface area contributed by atoms with Gasteiger partial charge in [-0.05, 0) is 26.0 Å². The molecule has 26 heavy (non-hydrogen) atoms. The molecule has 6 nitrogen and oxygen atoms in total. The molecule has 2 heterocycles. The summed E-state index contributed by atoms with van der Waals surface area (Å²) in [5.74, 6) is 1.71. The summed E-state index contributed by atoms with van der Waals surface area (Å²) in [5, 5.41) is 0. The van der Waals surface area contributed by atoms with E-state index in [-0.39, 0.29) is 18.6 Å². The summed E-state index contributed by atoms with van der Waals surface area (Å²) in [5.41, 5.74) is 0.734. The topological polar surface area (TPSA) is 69.0 Å². The van der Waals surface area contributed by atoms with Gasteiger partial charge in [-0.3, -0.25) is 4.79 Å². The summed E-state index contributed by atoms with van der Waals surface area (Å²) in [6.45, 7) is 4.98. The van der Waals surface area contributed by atoms with Crippen molar-refractivity contribution in [3.8, 4) is 11.5 Å². The maximum Gasteiger partial charge on any atom is 0.339 e. The predicted octanol–water partition coefficient (Wildman–Crippen LogP) is 2.71. The zero-order chi connectivity index (χ0) is 18.5. The number of ether oxygens (including phenoxy) is 2. The third-order valence-electron chi connectivity index (χ3n) is 4.35. The first kappa shape index (κ1) is 18.0. The Morgan fingerprint density at radius 1 is 1.12 bits per heavy atom. The maximum absolute atomic E-state index is 12.3. The van der Waals surface area contributed by atoms with Crippen LogP contribution in [0.5, 0.6) is 11.5 Å². The van der Waals surface area contributed by atoms with E-state index in [1.54, 1.807) is 17.9 Å². The van der Waals surface area contributed by atoms with E-state index in [4.69, 9.17) is 13.9 Å². The lowest BCUT2D eigenvalue weighted by Gasteiger charge is -2.32. The molecule has 1 fully saturated rings. The van der Waals surface area contributed by atoms with Crippen molar-refractivity contribution in [3.05, 3.63) is 58.1 Å². The lowest BCUT2D eigenvalue weighted by Crippen LogP contribution is -2.43. The van der Waals surface area contributed by atoms with E-state index < -0.39 is 5.63 Å². The Balaban J connectivity index is 1.46. The van der Waals surface area contributed by atoms with Crippen LogP contribution in [0.15, 0.2) is 45.6 Å². The zero-order valence-electron chi connectivity index (χ0n) is 15.1. The second-order valence-electron chi connectivity index (χ2n) is 6.52. The fraction of sp³-hybridized carbons (Fsp3) is 0.400. The number of hydrogen-bond acceptors (Lipinski definition) is 5. The monoisotopic (exact) mass is 357 g/mol. The van der Waals surface area contributed by atoms with Crippen LogP contribution in [0.1, 0.15) is 24.2 Å². The Morgan fingerprint density at radius 3 is 2.46 bits per heavy atom. The molecule has 6 heteroatoms. The number of likely N-dealkylation sites (tertiary alicyclic amines) is 1. The molecule has 0 aliphatic carbocycles. The molecule has 0 atom stereocenters. The van der Waals surface area contributed by atoms with Gasteiger partial charge < -0.3 is 18.8 Å². The van der Waals surface area contributed by atoms with Crippen molar-refractivity contribution in [2.45, 2.75) is 32.8 Å². The largest absolute Gasteiger partial charge is 0.490 e. The van der Waals surface area contributed by atoms with E-state index in [1.165, 1.54) is 6.07 Å². The highest BCUT2D eigenvalue weighted by molar-refractivity contribution is 5.77. The molecule has 0 radical (unpaired) electrons. The number of carbonyl (C=O) groups is 1. The molecule has 1 aliphatic heterocycles. The highest BCUT2D eigenvalue weighted by Crippen LogP contribution is 2.19. The molecule has 0 saturated carbocycles. The van der Waals surface area contributed by atoms with E-state index in [9.17, 15) is 9.59 Å². The molecule has 138 valence electrons. The number of rotatable bonds is 5. The summed E-state index contributed by atoms with van der Waals surface area (Å²) >= 11 is 0. The Labute approximate surface area is 152 Å². The van der Waals surface area contributed by atoms with Crippen molar-refractivity contribution in [1.82, 2.24) is 4.90 Å². The maximum atomic E-state index is 12.3. The standard InChI is InChI=1S/C20H23NO5/c1-14-3-5-16(6-4-14)24-13-19(22)21-9-7-17(8-10-21)26-18-11-15(2)25-20(23)12-18/h3-6,11-12,17H,7-10,13H2,1-2H3. The smallest absolute Gasteiger partial charge is 0.339 e. The zero-order valence-corrected chi connectivity index (χ0v) is 15.1. The average molecular weight is 357 g/mol. The number of nitrogens with zero attached hydrogens (tertiary/aromatic N) is 1. The average Bonchev–Trinajstić information content (AvgIpc) is 2.61. The van der Waals surface area contributed by atoms with Crippen LogP contribution >= 0.6 is 0 Å². The van der Waals surface area contributed by atoms with Crippen molar-refractivity contribution >= 4 is 5.91 Å². The van der Waals surface area contributed by atoms with Crippen LogP contribution in [0.3, 0.4) is 0 Å². The Kier molecular flexibility index (Phi) is 5.61. The first-order valence-electron chi connectivity index (χ1n) is 8.75. The Bertz CT molecular complexity index is 804. The number of benzene rings is 1. The number of aryl methyl sites for hydroxylation is 2. The molecule has 0 N–H and O–H groups in total. The summed E-state index contributed by atoms with van der Waals surface area (Å²) < 4.78 is 16.3. The van der Waals surface area contributed by atoms with Crippen molar-refractivity contribution < 1.29 is 18.7 Å².